The molecule has 0 atom stereocenters. The van der Waals surface area contributed by atoms with E-state index in [9.17, 15) is 4.79 Å². The smallest absolute Gasteiger partial charge is 0.171 e. The second-order valence-corrected chi connectivity index (χ2v) is 4.52. The summed E-state index contributed by atoms with van der Waals surface area (Å²) in [6.45, 7) is 0. The number of rotatable bonds is 3. The van der Waals surface area contributed by atoms with Gasteiger partial charge in [0, 0.05) is 30.0 Å². The number of imidazole rings is 1. The molecule has 1 heterocycles. The number of Topliss-reactive ketones (excluding diaryl/α,β-unsaturated/α-hetero) is 1. The van der Waals surface area contributed by atoms with Gasteiger partial charge in [0.1, 0.15) is 5.82 Å². The first-order valence-corrected chi connectivity index (χ1v) is 5.78. The van der Waals surface area contributed by atoms with Gasteiger partial charge >= 0.3 is 0 Å². The van der Waals surface area contributed by atoms with Gasteiger partial charge in [0.05, 0.1) is 11.4 Å². The van der Waals surface area contributed by atoms with Gasteiger partial charge in [-0.3, -0.25) is 4.79 Å². The van der Waals surface area contributed by atoms with Crippen LogP contribution in [0.1, 0.15) is 16.2 Å². The number of hydrogen-bond donors (Lipinski definition) is 0. The van der Waals surface area contributed by atoms with Crippen molar-refractivity contribution in [2.45, 2.75) is 6.42 Å². The van der Waals surface area contributed by atoms with Crippen molar-refractivity contribution in [3.05, 3.63) is 52.0 Å². The van der Waals surface area contributed by atoms with Crippen LogP contribution in [0, 0.1) is 0 Å². The van der Waals surface area contributed by atoms with Gasteiger partial charge < -0.3 is 4.57 Å². The maximum absolute atomic E-state index is 12.0. The Morgan fingerprint density at radius 3 is 2.76 bits per heavy atom. The number of carbonyl (C=O) groups is 1. The minimum atomic E-state index is -0.0685. The number of carbonyl (C=O) groups excluding carboxylic acids is 1. The standard InChI is InChI=1S/C12H10Cl2N2O/c1-16-5-4-15-12(16)7-11(17)9-3-2-8(13)6-10(9)14/h2-6H,7H2,1H3. The van der Waals surface area contributed by atoms with Crippen molar-refractivity contribution in [2.75, 3.05) is 0 Å². The average molecular weight is 269 g/mol. The summed E-state index contributed by atoms with van der Waals surface area (Å²) in [7, 11) is 1.85. The van der Waals surface area contributed by atoms with Crippen molar-refractivity contribution in [2.24, 2.45) is 7.05 Å². The highest BCUT2D eigenvalue weighted by atomic mass is 35.5. The zero-order valence-electron chi connectivity index (χ0n) is 9.15. The summed E-state index contributed by atoms with van der Waals surface area (Å²) < 4.78 is 1.81. The molecule has 0 radical (unpaired) electrons. The molecule has 2 aromatic rings. The zero-order chi connectivity index (χ0) is 12.4. The van der Waals surface area contributed by atoms with Crippen molar-refractivity contribution >= 4 is 29.0 Å². The molecule has 0 spiro atoms. The Hall–Kier alpha value is -1.32. The Bertz CT molecular complexity index is 563. The Kier molecular flexibility index (Phi) is 3.50. The molecule has 1 aromatic heterocycles. The van der Waals surface area contributed by atoms with Crippen LogP contribution in [0.3, 0.4) is 0 Å². The van der Waals surface area contributed by atoms with Crippen molar-refractivity contribution in [3.63, 3.8) is 0 Å². The van der Waals surface area contributed by atoms with Gasteiger partial charge in [-0.15, -0.1) is 0 Å². The normalized spacial score (nSPS) is 10.5. The van der Waals surface area contributed by atoms with E-state index in [1.54, 1.807) is 30.6 Å². The van der Waals surface area contributed by atoms with Crippen molar-refractivity contribution in [1.29, 1.82) is 0 Å². The summed E-state index contributed by atoms with van der Waals surface area (Å²) in [6.07, 6.45) is 3.68. The number of nitrogens with zero attached hydrogens (tertiary/aromatic N) is 2. The molecule has 0 amide bonds. The Morgan fingerprint density at radius 2 is 2.18 bits per heavy atom. The van der Waals surface area contributed by atoms with Gasteiger partial charge in [-0.2, -0.15) is 0 Å². The molecule has 0 aliphatic rings. The Balaban J connectivity index is 2.23. The summed E-state index contributed by atoms with van der Waals surface area (Å²) in [5, 5.41) is 0.889. The number of aromatic nitrogens is 2. The third-order valence-electron chi connectivity index (χ3n) is 2.47. The van der Waals surface area contributed by atoms with Gasteiger partial charge in [0.15, 0.2) is 5.78 Å². The molecule has 17 heavy (non-hydrogen) atoms. The fraction of sp³-hybridized carbons (Fsp3) is 0.167. The molecule has 0 bridgehead atoms. The first-order valence-electron chi connectivity index (χ1n) is 5.02. The molecular weight excluding hydrogens is 259 g/mol. The van der Waals surface area contributed by atoms with E-state index >= 15 is 0 Å². The second-order valence-electron chi connectivity index (χ2n) is 3.68. The molecule has 0 N–H and O–H groups in total. The van der Waals surface area contributed by atoms with Crippen LogP contribution < -0.4 is 0 Å². The van der Waals surface area contributed by atoms with Gasteiger partial charge in [0.2, 0.25) is 0 Å². The van der Waals surface area contributed by atoms with Crippen LogP contribution in [0.25, 0.3) is 0 Å². The number of hydrogen-bond acceptors (Lipinski definition) is 2. The molecule has 3 nitrogen and oxygen atoms in total. The Morgan fingerprint density at radius 1 is 1.41 bits per heavy atom. The second kappa shape index (κ2) is 4.90. The Labute approximate surface area is 109 Å². The molecule has 5 heteroatoms. The lowest BCUT2D eigenvalue weighted by molar-refractivity contribution is 0.0990. The summed E-state index contributed by atoms with van der Waals surface area (Å²) >= 11 is 11.7. The predicted octanol–water partition coefficient (Wildman–Crippen LogP) is 3.15. The van der Waals surface area contributed by atoms with Gasteiger partial charge in [0.25, 0.3) is 0 Å². The number of ketones is 1. The van der Waals surface area contributed by atoms with Crippen LogP contribution in [0.5, 0.6) is 0 Å². The molecule has 0 unspecified atom stereocenters. The van der Waals surface area contributed by atoms with Crippen LogP contribution in [0.2, 0.25) is 10.0 Å². The van der Waals surface area contributed by atoms with Gasteiger partial charge in [-0.25, -0.2) is 4.98 Å². The lowest BCUT2D eigenvalue weighted by atomic mass is 10.1. The van der Waals surface area contributed by atoms with E-state index in [0.29, 0.717) is 21.4 Å². The van der Waals surface area contributed by atoms with Gasteiger partial charge in [-0.1, -0.05) is 23.2 Å². The molecule has 2 rings (SSSR count). The number of halogens is 2. The van der Waals surface area contributed by atoms with Crippen LogP contribution in [-0.4, -0.2) is 15.3 Å². The predicted molar refractivity (Wildman–Crippen MR) is 67.7 cm³/mol. The summed E-state index contributed by atoms with van der Waals surface area (Å²) in [5.74, 6) is 0.641. The van der Waals surface area contributed by atoms with Crippen molar-refractivity contribution < 1.29 is 4.79 Å². The highest BCUT2D eigenvalue weighted by molar-refractivity contribution is 6.36. The van der Waals surface area contributed by atoms with Crippen LogP contribution in [-0.2, 0) is 13.5 Å². The molecule has 0 fully saturated rings. The van der Waals surface area contributed by atoms with E-state index in [1.165, 1.54) is 0 Å². The minimum Gasteiger partial charge on any atom is -0.338 e. The monoisotopic (exact) mass is 268 g/mol. The SMILES string of the molecule is Cn1ccnc1CC(=O)c1ccc(Cl)cc1Cl. The number of aryl methyl sites for hydroxylation is 1. The van der Waals surface area contributed by atoms with Crippen LogP contribution in [0.4, 0.5) is 0 Å². The summed E-state index contributed by atoms with van der Waals surface area (Å²) in [4.78, 5) is 16.1. The average Bonchev–Trinajstić information content (AvgIpc) is 2.64. The fourth-order valence-electron chi connectivity index (χ4n) is 1.52. The molecule has 0 aliphatic heterocycles. The topological polar surface area (TPSA) is 34.9 Å². The van der Waals surface area contributed by atoms with Crippen molar-refractivity contribution in [1.82, 2.24) is 9.55 Å². The van der Waals surface area contributed by atoms with E-state index in [0.717, 1.165) is 0 Å². The first kappa shape index (κ1) is 12.1. The first-order chi connectivity index (χ1) is 8.08. The highest BCUT2D eigenvalue weighted by Gasteiger charge is 2.13. The van der Waals surface area contributed by atoms with E-state index < -0.39 is 0 Å². The quantitative estimate of drug-likeness (QED) is 0.802. The highest BCUT2D eigenvalue weighted by Crippen LogP contribution is 2.22. The van der Waals surface area contributed by atoms with E-state index in [1.807, 2.05) is 11.6 Å². The van der Waals surface area contributed by atoms with Crippen molar-refractivity contribution in [3.8, 4) is 0 Å². The van der Waals surface area contributed by atoms with E-state index in [-0.39, 0.29) is 12.2 Å². The molecular formula is C12H10Cl2N2O. The van der Waals surface area contributed by atoms with Gasteiger partial charge in [-0.05, 0) is 18.2 Å². The summed E-state index contributed by atoms with van der Waals surface area (Å²) in [5.41, 5.74) is 0.471. The molecule has 1 aromatic carbocycles. The lowest BCUT2D eigenvalue weighted by Crippen LogP contribution is -2.08. The summed E-state index contributed by atoms with van der Waals surface area (Å²) in [6, 6.07) is 4.85. The number of benzene rings is 1. The molecule has 0 saturated carbocycles. The third kappa shape index (κ3) is 2.68. The van der Waals surface area contributed by atoms with E-state index in [2.05, 4.69) is 4.98 Å². The zero-order valence-corrected chi connectivity index (χ0v) is 10.7. The maximum atomic E-state index is 12.0. The third-order valence-corrected chi connectivity index (χ3v) is 3.02. The van der Waals surface area contributed by atoms with Crippen LogP contribution >= 0.6 is 23.2 Å². The fourth-order valence-corrected chi connectivity index (χ4v) is 2.04. The minimum absolute atomic E-state index is 0.0685. The molecule has 0 aliphatic carbocycles. The largest absolute Gasteiger partial charge is 0.338 e. The van der Waals surface area contributed by atoms with E-state index in [4.69, 9.17) is 23.2 Å². The lowest BCUT2D eigenvalue weighted by Gasteiger charge is -2.04. The molecule has 0 saturated heterocycles. The molecule has 88 valence electrons. The van der Waals surface area contributed by atoms with Crippen LogP contribution in [0.15, 0.2) is 30.6 Å². The maximum Gasteiger partial charge on any atom is 0.171 e.